The van der Waals surface area contributed by atoms with Crippen molar-refractivity contribution in [3.63, 3.8) is 0 Å². The van der Waals surface area contributed by atoms with Gasteiger partial charge in [0.2, 0.25) is 0 Å². The smallest absolute Gasteiger partial charge is 0.392 e. The molecule has 0 saturated heterocycles. The van der Waals surface area contributed by atoms with Gasteiger partial charge in [0, 0.05) is 35.6 Å². The van der Waals surface area contributed by atoms with Crippen molar-refractivity contribution >= 4 is 46.6 Å². The average Bonchev–Trinajstić information content (AvgIpc) is 2.46. The minimum absolute atomic E-state index is 0. The molecule has 1 heterocycles. The zero-order valence-electron chi connectivity index (χ0n) is 7.32. The van der Waals surface area contributed by atoms with Crippen LogP contribution in [0.15, 0.2) is 22.6 Å². The first-order chi connectivity index (χ1) is 6.16. The minimum atomic E-state index is -1.27. The molecule has 1 aromatic carbocycles. The largest absolute Gasteiger partial charge is 0.474 e. The SMILES string of the molecule is O=C(O)c1nc2cc(F)ccc2o1.[Na]. The molecule has 2 aromatic rings. The van der Waals surface area contributed by atoms with Crippen molar-refractivity contribution in [2.24, 2.45) is 0 Å². The quantitative estimate of drug-likeness (QED) is 0.710. The summed E-state index contributed by atoms with van der Waals surface area (Å²) in [4.78, 5) is 14.0. The molecule has 0 saturated carbocycles. The number of aromatic carboxylic acids is 1. The summed E-state index contributed by atoms with van der Waals surface area (Å²) >= 11 is 0. The van der Waals surface area contributed by atoms with E-state index in [0.717, 1.165) is 6.07 Å². The molecular formula is C8H4FNNaO3. The fourth-order valence-electron chi connectivity index (χ4n) is 0.992. The van der Waals surface area contributed by atoms with Crippen LogP contribution in [-0.2, 0) is 0 Å². The Labute approximate surface area is 100 Å². The normalized spacial score (nSPS) is 9.79. The molecule has 0 fully saturated rings. The van der Waals surface area contributed by atoms with Crippen molar-refractivity contribution in [2.75, 3.05) is 0 Å². The molecule has 1 radical (unpaired) electrons. The number of nitrogens with zero attached hydrogens (tertiary/aromatic N) is 1. The van der Waals surface area contributed by atoms with Crippen LogP contribution in [0.4, 0.5) is 4.39 Å². The third-order valence-corrected chi connectivity index (χ3v) is 1.53. The molecule has 0 amide bonds. The van der Waals surface area contributed by atoms with E-state index in [2.05, 4.69) is 4.98 Å². The van der Waals surface area contributed by atoms with Crippen molar-refractivity contribution in [3.8, 4) is 0 Å². The van der Waals surface area contributed by atoms with E-state index in [1.54, 1.807) is 0 Å². The topological polar surface area (TPSA) is 63.3 Å². The summed E-state index contributed by atoms with van der Waals surface area (Å²) in [6.07, 6.45) is 0. The Hall–Kier alpha value is -0.910. The summed E-state index contributed by atoms with van der Waals surface area (Å²) in [6.45, 7) is 0. The molecule has 0 unspecified atom stereocenters. The predicted molar refractivity (Wildman–Crippen MR) is 46.7 cm³/mol. The standard InChI is InChI=1S/C8H4FNO3.Na/c9-4-1-2-6-5(3-4)10-7(13-6)8(11)12;/h1-3H,(H,11,12);. The summed E-state index contributed by atoms with van der Waals surface area (Å²) in [6, 6.07) is 3.63. The van der Waals surface area contributed by atoms with Gasteiger partial charge in [0.15, 0.2) is 5.58 Å². The summed E-state index contributed by atoms with van der Waals surface area (Å²) in [5, 5.41) is 8.51. The van der Waals surface area contributed by atoms with Crippen molar-refractivity contribution in [3.05, 3.63) is 29.9 Å². The molecular weight excluding hydrogens is 200 g/mol. The Morgan fingerprint density at radius 1 is 1.50 bits per heavy atom. The van der Waals surface area contributed by atoms with Gasteiger partial charge in [0.25, 0.3) is 0 Å². The van der Waals surface area contributed by atoms with E-state index in [4.69, 9.17) is 9.52 Å². The fraction of sp³-hybridized carbons (Fsp3) is 0. The third kappa shape index (κ3) is 1.95. The van der Waals surface area contributed by atoms with Crippen molar-refractivity contribution in [2.45, 2.75) is 0 Å². The van der Waals surface area contributed by atoms with Crippen LogP contribution >= 0.6 is 0 Å². The first kappa shape index (κ1) is 11.2. The molecule has 6 heteroatoms. The van der Waals surface area contributed by atoms with Crippen LogP contribution in [0.25, 0.3) is 11.1 Å². The number of hydrogen-bond acceptors (Lipinski definition) is 3. The van der Waals surface area contributed by atoms with Crippen molar-refractivity contribution < 1.29 is 18.7 Å². The zero-order valence-corrected chi connectivity index (χ0v) is 9.32. The van der Waals surface area contributed by atoms with Gasteiger partial charge in [-0.15, -0.1) is 0 Å². The van der Waals surface area contributed by atoms with Gasteiger partial charge in [0.1, 0.15) is 11.3 Å². The van der Waals surface area contributed by atoms with Crippen LogP contribution in [0.1, 0.15) is 10.7 Å². The van der Waals surface area contributed by atoms with Crippen LogP contribution in [0.2, 0.25) is 0 Å². The van der Waals surface area contributed by atoms with Gasteiger partial charge in [0.05, 0.1) is 0 Å². The van der Waals surface area contributed by atoms with Crippen molar-refractivity contribution in [1.29, 1.82) is 0 Å². The van der Waals surface area contributed by atoms with E-state index in [1.807, 2.05) is 0 Å². The van der Waals surface area contributed by atoms with Crippen LogP contribution in [0.5, 0.6) is 0 Å². The van der Waals surface area contributed by atoms with Gasteiger partial charge in [-0.05, 0) is 12.1 Å². The molecule has 0 atom stereocenters. The second-order valence-electron chi connectivity index (χ2n) is 2.44. The van der Waals surface area contributed by atoms with Crippen molar-refractivity contribution in [1.82, 2.24) is 4.98 Å². The van der Waals surface area contributed by atoms with Gasteiger partial charge >= 0.3 is 11.9 Å². The molecule has 1 aromatic heterocycles. The first-order valence-corrected chi connectivity index (χ1v) is 3.46. The summed E-state index contributed by atoms with van der Waals surface area (Å²) < 4.78 is 17.4. The van der Waals surface area contributed by atoms with E-state index >= 15 is 0 Å². The third-order valence-electron chi connectivity index (χ3n) is 1.53. The number of carbonyl (C=O) groups is 1. The predicted octanol–water partition coefficient (Wildman–Crippen LogP) is 1.28. The monoisotopic (exact) mass is 204 g/mol. The number of carboxylic acids is 1. The van der Waals surface area contributed by atoms with E-state index in [1.165, 1.54) is 12.1 Å². The summed E-state index contributed by atoms with van der Waals surface area (Å²) in [5.74, 6) is -2.17. The summed E-state index contributed by atoms with van der Waals surface area (Å²) in [7, 11) is 0. The molecule has 0 aliphatic heterocycles. The van der Waals surface area contributed by atoms with Gasteiger partial charge < -0.3 is 9.52 Å². The van der Waals surface area contributed by atoms with Gasteiger partial charge in [-0.25, -0.2) is 14.2 Å². The van der Waals surface area contributed by atoms with E-state index in [0.29, 0.717) is 0 Å². The number of benzene rings is 1. The van der Waals surface area contributed by atoms with E-state index < -0.39 is 17.7 Å². The number of halogens is 1. The first-order valence-electron chi connectivity index (χ1n) is 3.46. The maximum atomic E-state index is 12.6. The van der Waals surface area contributed by atoms with Gasteiger partial charge in [-0.1, -0.05) is 0 Å². The number of fused-ring (bicyclic) bond motifs is 1. The summed E-state index contributed by atoms with van der Waals surface area (Å²) in [5.41, 5.74) is 0.469. The average molecular weight is 204 g/mol. The molecule has 14 heavy (non-hydrogen) atoms. The Bertz CT molecular complexity index is 482. The Balaban J connectivity index is 0.000000980. The van der Waals surface area contributed by atoms with Crippen LogP contribution in [0, 0.1) is 5.82 Å². The van der Waals surface area contributed by atoms with Gasteiger partial charge in [-0.2, -0.15) is 0 Å². The number of rotatable bonds is 1. The molecule has 0 bridgehead atoms. The maximum Gasteiger partial charge on any atom is 0.392 e. The Morgan fingerprint density at radius 3 is 2.86 bits per heavy atom. The van der Waals surface area contributed by atoms with E-state index in [9.17, 15) is 9.18 Å². The maximum absolute atomic E-state index is 12.6. The Kier molecular flexibility index (Phi) is 3.25. The second-order valence-corrected chi connectivity index (χ2v) is 2.44. The minimum Gasteiger partial charge on any atom is -0.474 e. The molecule has 1 N–H and O–H groups in total. The molecule has 4 nitrogen and oxygen atoms in total. The van der Waals surface area contributed by atoms with Crippen LogP contribution < -0.4 is 0 Å². The number of hydrogen-bond donors (Lipinski definition) is 1. The second kappa shape index (κ2) is 4.08. The Morgan fingerprint density at radius 2 is 2.21 bits per heavy atom. The fourth-order valence-corrected chi connectivity index (χ4v) is 0.992. The molecule has 0 spiro atoms. The number of oxazole rings is 1. The molecule has 67 valence electrons. The molecule has 2 rings (SSSR count). The molecule has 0 aliphatic carbocycles. The number of carboxylic acid groups (broad SMARTS) is 1. The van der Waals surface area contributed by atoms with Gasteiger partial charge in [-0.3, -0.25) is 0 Å². The number of aromatic nitrogens is 1. The zero-order chi connectivity index (χ0) is 9.42. The molecule has 0 aliphatic rings. The van der Waals surface area contributed by atoms with Crippen LogP contribution in [-0.4, -0.2) is 45.6 Å². The van der Waals surface area contributed by atoms with Crippen LogP contribution in [0.3, 0.4) is 0 Å². The van der Waals surface area contributed by atoms with E-state index in [-0.39, 0.29) is 40.7 Å².